The van der Waals surface area contributed by atoms with Gasteiger partial charge in [0.2, 0.25) is 0 Å². The highest BCUT2D eigenvalue weighted by Gasteiger charge is 2.55. The summed E-state index contributed by atoms with van der Waals surface area (Å²) in [4.78, 5) is 15.1. The highest BCUT2D eigenvalue weighted by atomic mass is 35.5. The van der Waals surface area contributed by atoms with Crippen molar-refractivity contribution in [2.45, 2.75) is 24.8 Å². The van der Waals surface area contributed by atoms with Crippen molar-refractivity contribution in [1.29, 1.82) is 0 Å². The Morgan fingerprint density at radius 1 is 1.17 bits per heavy atom. The van der Waals surface area contributed by atoms with Gasteiger partial charge in [0, 0.05) is 23.6 Å². The third-order valence-electron chi connectivity index (χ3n) is 5.28. The average Bonchev–Trinajstić information content (AvgIpc) is 3.15. The number of hydrazone groups is 1. The molecule has 1 atom stereocenters. The molecule has 2 aromatic carbocycles. The molecule has 3 aliphatic rings. The van der Waals surface area contributed by atoms with Gasteiger partial charge in [0.1, 0.15) is 0 Å². The fourth-order valence-corrected chi connectivity index (χ4v) is 4.25. The summed E-state index contributed by atoms with van der Waals surface area (Å²) in [5.41, 5.74) is 7.78. The van der Waals surface area contributed by atoms with Gasteiger partial charge in [-0.15, -0.1) is 0 Å². The molecule has 3 heterocycles. The number of hydrogen-bond acceptors (Lipinski definition) is 3. The van der Waals surface area contributed by atoms with Crippen LogP contribution in [0.2, 0.25) is 5.02 Å². The van der Waals surface area contributed by atoms with Gasteiger partial charge >= 0.3 is 0 Å². The molecule has 2 aromatic rings. The van der Waals surface area contributed by atoms with Crippen LogP contribution in [-0.2, 0) is 16.8 Å². The Morgan fingerprint density at radius 2 is 2.00 bits per heavy atom. The standard InChI is InChI=1S/C19H16ClN3O/c20-14-8-6-12(7-9-14)16-11-19(22-21-16)15-5-1-3-13-4-2-10-23(17(13)15)18(19)24/h1,3,5-9,22H,2,4,10-11H2. The van der Waals surface area contributed by atoms with E-state index in [1.807, 2.05) is 29.2 Å². The van der Waals surface area contributed by atoms with Crippen molar-refractivity contribution in [3.05, 3.63) is 64.2 Å². The highest BCUT2D eigenvalue weighted by molar-refractivity contribution is 6.30. The minimum absolute atomic E-state index is 0.123. The highest BCUT2D eigenvalue weighted by Crippen LogP contribution is 2.48. The summed E-state index contributed by atoms with van der Waals surface area (Å²) >= 11 is 5.98. The van der Waals surface area contributed by atoms with Gasteiger partial charge in [-0.25, -0.2) is 0 Å². The zero-order chi connectivity index (χ0) is 16.3. The topological polar surface area (TPSA) is 44.7 Å². The van der Waals surface area contributed by atoms with E-state index in [0.717, 1.165) is 41.9 Å². The third kappa shape index (κ3) is 1.75. The molecular formula is C19H16ClN3O. The fraction of sp³-hybridized carbons (Fsp3) is 0.263. The smallest absolute Gasteiger partial charge is 0.259 e. The van der Waals surface area contributed by atoms with Crippen molar-refractivity contribution >= 4 is 28.9 Å². The molecule has 1 N–H and O–H groups in total. The first-order valence-electron chi connectivity index (χ1n) is 8.23. The molecule has 24 heavy (non-hydrogen) atoms. The molecule has 5 rings (SSSR count). The molecular weight excluding hydrogens is 322 g/mol. The Hall–Kier alpha value is -2.33. The molecule has 4 nitrogen and oxygen atoms in total. The number of carbonyl (C=O) groups is 1. The first kappa shape index (κ1) is 14.1. The lowest BCUT2D eigenvalue weighted by atomic mass is 9.85. The lowest BCUT2D eigenvalue weighted by Crippen LogP contribution is -2.47. The van der Waals surface area contributed by atoms with Crippen LogP contribution in [0.1, 0.15) is 29.5 Å². The second kappa shape index (κ2) is 4.84. The Kier molecular flexibility index (Phi) is 2.83. The number of nitrogens with one attached hydrogen (secondary N) is 1. The van der Waals surface area contributed by atoms with Crippen molar-refractivity contribution in [2.75, 3.05) is 11.4 Å². The lowest BCUT2D eigenvalue weighted by Gasteiger charge is -2.26. The molecule has 0 saturated heterocycles. The molecule has 5 heteroatoms. The van der Waals surface area contributed by atoms with Crippen LogP contribution in [0.15, 0.2) is 47.6 Å². The number of fused-ring (bicyclic) bond motifs is 1. The molecule has 1 unspecified atom stereocenters. The summed E-state index contributed by atoms with van der Waals surface area (Å²) in [6.07, 6.45) is 2.62. The number of aryl methyl sites for hydroxylation is 1. The molecule has 0 saturated carbocycles. The van der Waals surface area contributed by atoms with Crippen molar-refractivity contribution < 1.29 is 4.79 Å². The number of amides is 1. The third-order valence-corrected chi connectivity index (χ3v) is 5.53. The second-order valence-corrected chi connectivity index (χ2v) is 7.07. The van der Waals surface area contributed by atoms with Crippen LogP contribution >= 0.6 is 11.6 Å². The summed E-state index contributed by atoms with van der Waals surface area (Å²) in [5, 5.41) is 5.21. The zero-order valence-corrected chi connectivity index (χ0v) is 13.8. The largest absolute Gasteiger partial charge is 0.309 e. The van der Waals surface area contributed by atoms with Gasteiger partial charge in [-0.3, -0.25) is 10.2 Å². The Labute approximate surface area is 145 Å². The molecule has 1 amide bonds. The maximum absolute atomic E-state index is 13.2. The first-order chi connectivity index (χ1) is 11.7. The maximum Gasteiger partial charge on any atom is 0.259 e. The fourth-order valence-electron chi connectivity index (χ4n) is 4.13. The van der Waals surface area contributed by atoms with Crippen LogP contribution in [0.3, 0.4) is 0 Å². The predicted octanol–water partition coefficient (Wildman–Crippen LogP) is 3.23. The number of benzene rings is 2. The Balaban J connectivity index is 1.58. The number of halogens is 1. The monoisotopic (exact) mass is 337 g/mol. The van der Waals surface area contributed by atoms with Crippen LogP contribution in [0.4, 0.5) is 5.69 Å². The molecule has 0 fully saturated rings. The summed E-state index contributed by atoms with van der Waals surface area (Å²) < 4.78 is 0. The van der Waals surface area contributed by atoms with Crippen molar-refractivity contribution in [2.24, 2.45) is 5.10 Å². The van der Waals surface area contributed by atoms with E-state index in [0.29, 0.717) is 11.4 Å². The van der Waals surface area contributed by atoms with Crippen LogP contribution in [0, 0.1) is 0 Å². The molecule has 0 bridgehead atoms. The van der Waals surface area contributed by atoms with Gasteiger partial charge in [0.05, 0.1) is 11.4 Å². The number of rotatable bonds is 1. The predicted molar refractivity (Wildman–Crippen MR) is 94.5 cm³/mol. The zero-order valence-electron chi connectivity index (χ0n) is 13.1. The van der Waals surface area contributed by atoms with E-state index in [1.165, 1.54) is 5.56 Å². The first-order valence-corrected chi connectivity index (χ1v) is 8.61. The number of nitrogens with zero attached hydrogens (tertiary/aromatic N) is 2. The minimum atomic E-state index is -0.745. The summed E-state index contributed by atoms with van der Waals surface area (Å²) in [7, 11) is 0. The molecule has 1 spiro atoms. The van der Waals surface area contributed by atoms with E-state index in [-0.39, 0.29) is 5.91 Å². The minimum Gasteiger partial charge on any atom is -0.309 e. The number of para-hydroxylation sites is 1. The molecule has 0 aliphatic carbocycles. The number of carbonyl (C=O) groups excluding carboxylic acids is 1. The van der Waals surface area contributed by atoms with Crippen LogP contribution in [0.25, 0.3) is 0 Å². The Bertz CT molecular complexity index is 890. The van der Waals surface area contributed by atoms with Crippen molar-refractivity contribution in [3.63, 3.8) is 0 Å². The molecule has 0 aromatic heterocycles. The van der Waals surface area contributed by atoms with E-state index in [9.17, 15) is 4.79 Å². The Morgan fingerprint density at radius 3 is 2.83 bits per heavy atom. The molecule has 120 valence electrons. The van der Waals surface area contributed by atoms with Gasteiger partial charge < -0.3 is 4.90 Å². The lowest BCUT2D eigenvalue weighted by molar-refractivity contribution is -0.123. The molecule has 0 radical (unpaired) electrons. The second-order valence-electron chi connectivity index (χ2n) is 6.63. The average molecular weight is 338 g/mol. The summed E-state index contributed by atoms with van der Waals surface area (Å²) in [6.45, 7) is 0.794. The van der Waals surface area contributed by atoms with E-state index < -0.39 is 5.54 Å². The van der Waals surface area contributed by atoms with E-state index in [1.54, 1.807) is 0 Å². The van der Waals surface area contributed by atoms with Gasteiger partial charge in [-0.1, -0.05) is 41.9 Å². The normalized spacial score (nSPS) is 24.1. The van der Waals surface area contributed by atoms with Crippen LogP contribution < -0.4 is 10.3 Å². The summed E-state index contributed by atoms with van der Waals surface area (Å²) in [6, 6.07) is 13.9. The van der Waals surface area contributed by atoms with E-state index in [4.69, 9.17) is 11.6 Å². The number of hydrogen-bond donors (Lipinski definition) is 1. The van der Waals surface area contributed by atoms with Crippen molar-refractivity contribution in [3.8, 4) is 0 Å². The number of anilines is 1. The van der Waals surface area contributed by atoms with E-state index in [2.05, 4.69) is 28.7 Å². The van der Waals surface area contributed by atoms with Gasteiger partial charge in [0.25, 0.3) is 5.91 Å². The van der Waals surface area contributed by atoms with E-state index >= 15 is 0 Å². The SMILES string of the molecule is O=C1N2CCCc3cccc(c32)C12CC(c1ccc(Cl)cc1)=NN2. The molecule has 3 aliphatic heterocycles. The quantitative estimate of drug-likeness (QED) is 0.868. The van der Waals surface area contributed by atoms with Gasteiger partial charge in [-0.2, -0.15) is 5.10 Å². The van der Waals surface area contributed by atoms with Gasteiger partial charge in [0.15, 0.2) is 5.54 Å². The van der Waals surface area contributed by atoms with Gasteiger partial charge in [-0.05, 0) is 36.1 Å². The summed E-state index contributed by atoms with van der Waals surface area (Å²) in [5.74, 6) is 0.123. The van der Waals surface area contributed by atoms with Crippen molar-refractivity contribution in [1.82, 2.24) is 5.43 Å². The van der Waals surface area contributed by atoms with Crippen LogP contribution in [0.5, 0.6) is 0 Å². The maximum atomic E-state index is 13.2. The van der Waals surface area contributed by atoms with Crippen LogP contribution in [-0.4, -0.2) is 18.2 Å².